The number of aliphatic hydroxyl groups is 1. The second-order valence-electron chi connectivity index (χ2n) is 5.49. The molecule has 1 aliphatic rings. The van der Waals surface area contributed by atoms with Gasteiger partial charge < -0.3 is 10.0 Å². The van der Waals surface area contributed by atoms with Gasteiger partial charge in [0.25, 0.3) is 0 Å². The highest BCUT2D eigenvalue weighted by atomic mass is 32.1. The SMILES string of the molecule is CC(C)N1CCCC(Cc2ncc(CCO)s2)C1. The summed E-state index contributed by atoms with van der Waals surface area (Å²) in [7, 11) is 0. The molecule has 0 saturated carbocycles. The lowest BCUT2D eigenvalue weighted by Gasteiger charge is -2.35. The predicted octanol–water partition coefficient (Wildman–Crippen LogP) is 2.34. The van der Waals surface area contributed by atoms with E-state index in [-0.39, 0.29) is 6.61 Å². The molecule has 0 aromatic carbocycles. The first kappa shape index (κ1) is 14.0. The van der Waals surface area contributed by atoms with E-state index in [2.05, 4.69) is 23.7 Å². The Balaban J connectivity index is 1.87. The molecule has 0 amide bonds. The van der Waals surface area contributed by atoms with Crippen LogP contribution in [0, 0.1) is 5.92 Å². The van der Waals surface area contributed by atoms with Crippen LogP contribution in [-0.2, 0) is 12.8 Å². The highest BCUT2D eigenvalue weighted by Gasteiger charge is 2.22. The van der Waals surface area contributed by atoms with Gasteiger partial charge in [-0.2, -0.15) is 0 Å². The smallest absolute Gasteiger partial charge is 0.0930 e. The van der Waals surface area contributed by atoms with Crippen LogP contribution in [0.4, 0.5) is 0 Å². The standard InChI is InChI=1S/C14H24N2OS/c1-11(2)16-6-3-4-12(10-16)8-14-15-9-13(18-14)5-7-17/h9,11-12,17H,3-8,10H2,1-2H3. The van der Waals surface area contributed by atoms with Crippen LogP contribution in [0.1, 0.15) is 36.6 Å². The molecule has 1 aromatic heterocycles. The van der Waals surface area contributed by atoms with Crippen molar-refractivity contribution in [3.63, 3.8) is 0 Å². The van der Waals surface area contributed by atoms with Gasteiger partial charge in [-0.15, -0.1) is 11.3 Å². The van der Waals surface area contributed by atoms with Crippen molar-refractivity contribution in [1.82, 2.24) is 9.88 Å². The molecule has 18 heavy (non-hydrogen) atoms. The normalized spacial score (nSPS) is 21.7. The van der Waals surface area contributed by atoms with Crippen molar-refractivity contribution in [2.45, 2.75) is 45.6 Å². The summed E-state index contributed by atoms with van der Waals surface area (Å²) in [6.45, 7) is 7.26. The number of aliphatic hydroxyl groups excluding tert-OH is 1. The molecular formula is C14H24N2OS. The fraction of sp³-hybridized carbons (Fsp3) is 0.786. The lowest BCUT2D eigenvalue weighted by molar-refractivity contribution is 0.139. The topological polar surface area (TPSA) is 36.4 Å². The van der Waals surface area contributed by atoms with Crippen molar-refractivity contribution >= 4 is 11.3 Å². The van der Waals surface area contributed by atoms with E-state index >= 15 is 0 Å². The number of likely N-dealkylation sites (tertiary alicyclic amines) is 1. The molecule has 1 aliphatic heterocycles. The maximum Gasteiger partial charge on any atom is 0.0930 e. The van der Waals surface area contributed by atoms with E-state index in [9.17, 15) is 0 Å². The van der Waals surface area contributed by atoms with E-state index in [1.807, 2.05) is 6.20 Å². The number of aromatic nitrogens is 1. The molecule has 2 rings (SSSR count). The number of thiazole rings is 1. The van der Waals surface area contributed by atoms with Crippen LogP contribution < -0.4 is 0 Å². The molecule has 1 saturated heterocycles. The Morgan fingerprint density at radius 1 is 1.56 bits per heavy atom. The van der Waals surface area contributed by atoms with Crippen molar-refractivity contribution in [2.24, 2.45) is 5.92 Å². The quantitative estimate of drug-likeness (QED) is 0.890. The molecule has 0 aliphatic carbocycles. The Morgan fingerprint density at radius 3 is 3.11 bits per heavy atom. The van der Waals surface area contributed by atoms with Gasteiger partial charge in [-0.05, 0) is 39.2 Å². The maximum absolute atomic E-state index is 8.92. The van der Waals surface area contributed by atoms with Crippen molar-refractivity contribution in [1.29, 1.82) is 0 Å². The average molecular weight is 268 g/mol. The molecule has 0 bridgehead atoms. The summed E-state index contributed by atoms with van der Waals surface area (Å²) in [6.07, 6.45) is 6.44. The first-order chi connectivity index (χ1) is 8.69. The average Bonchev–Trinajstić information content (AvgIpc) is 2.77. The van der Waals surface area contributed by atoms with Gasteiger partial charge in [0.15, 0.2) is 0 Å². The second kappa shape index (κ2) is 6.64. The zero-order chi connectivity index (χ0) is 13.0. The summed E-state index contributed by atoms with van der Waals surface area (Å²) < 4.78 is 0. The molecule has 4 heteroatoms. The summed E-state index contributed by atoms with van der Waals surface area (Å²) in [5.41, 5.74) is 0. The van der Waals surface area contributed by atoms with Crippen LogP contribution in [0.2, 0.25) is 0 Å². The summed E-state index contributed by atoms with van der Waals surface area (Å²) in [6, 6.07) is 0.661. The largest absolute Gasteiger partial charge is 0.396 e. The third-order valence-electron chi connectivity index (χ3n) is 3.70. The number of hydrogen-bond donors (Lipinski definition) is 1. The van der Waals surface area contributed by atoms with E-state index in [4.69, 9.17) is 5.11 Å². The van der Waals surface area contributed by atoms with E-state index in [1.54, 1.807) is 11.3 Å². The predicted molar refractivity (Wildman–Crippen MR) is 76.0 cm³/mol. The number of nitrogens with zero attached hydrogens (tertiary/aromatic N) is 2. The molecule has 1 fully saturated rings. The minimum atomic E-state index is 0.228. The van der Waals surface area contributed by atoms with Gasteiger partial charge in [-0.1, -0.05) is 0 Å². The third kappa shape index (κ3) is 3.77. The summed E-state index contributed by atoms with van der Waals surface area (Å²) >= 11 is 1.77. The molecule has 0 radical (unpaired) electrons. The molecule has 1 aromatic rings. The fourth-order valence-corrected chi connectivity index (χ4v) is 3.67. The van der Waals surface area contributed by atoms with Gasteiger partial charge in [-0.3, -0.25) is 0 Å². The van der Waals surface area contributed by atoms with Crippen LogP contribution >= 0.6 is 11.3 Å². The maximum atomic E-state index is 8.92. The minimum Gasteiger partial charge on any atom is -0.396 e. The van der Waals surface area contributed by atoms with E-state index in [0.29, 0.717) is 6.04 Å². The Labute approximate surface area is 114 Å². The van der Waals surface area contributed by atoms with Gasteiger partial charge in [0.1, 0.15) is 0 Å². The van der Waals surface area contributed by atoms with Gasteiger partial charge in [-0.25, -0.2) is 4.98 Å². The molecule has 1 atom stereocenters. The molecule has 3 nitrogen and oxygen atoms in total. The first-order valence-electron chi connectivity index (χ1n) is 6.97. The molecule has 1 N–H and O–H groups in total. The Kier molecular flexibility index (Phi) is 5.15. The van der Waals surface area contributed by atoms with Crippen LogP contribution in [0.3, 0.4) is 0 Å². The highest BCUT2D eigenvalue weighted by Crippen LogP contribution is 2.24. The molecule has 0 spiro atoms. The number of hydrogen-bond acceptors (Lipinski definition) is 4. The Hall–Kier alpha value is -0.450. The van der Waals surface area contributed by atoms with Gasteiger partial charge in [0, 0.05) is 43.1 Å². The number of piperidine rings is 1. The lowest BCUT2D eigenvalue weighted by atomic mass is 9.94. The monoisotopic (exact) mass is 268 g/mol. The Bertz CT molecular complexity index is 364. The van der Waals surface area contributed by atoms with Crippen molar-refractivity contribution in [2.75, 3.05) is 19.7 Å². The Morgan fingerprint density at radius 2 is 2.39 bits per heavy atom. The fourth-order valence-electron chi connectivity index (χ4n) is 2.65. The van der Waals surface area contributed by atoms with Crippen LogP contribution in [0.15, 0.2) is 6.20 Å². The highest BCUT2D eigenvalue weighted by molar-refractivity contribution is 7.11. The summed E-state index contributed by atoms with van der Waals surface area (Å²) in [5, 5.41) is 10.2. The summed E-state index contributed by atoms with van der Waals surface area (Å²) in [5.74, 6) is 0.759. The molecule has 102 valence electrons. The number of rotatable bonds is 5. The molecule has 2 heterocycles. The van der Waals surface area contributed by atoms with Gasteiger partial charge in [0.05, 0.1) is 5.01 Å². The van der Waals surface area contributed by atoms with Crippen molar-refractivity contribution in [3.05, 3.63) is 16.1 Å². The van der Waals surface area contributed by atoms with Crippen LogP contribution in [0.5, 0.6) is 0 Å². The lowest BCUT2D eigenvalue weighted by Crippen LogP contribution is -2.40. The van der Waals surface area contributed by atoms with Crippen LogP contribution in [0.25, 0.3) is 0 Å². The second-order valence-corrected chi connectivity index (χ2v) is 6.69. The van der Waals surface area contributed by atoms with E-state index in [1.165, 1.54) is 35.8 Å². The molecular weight excluding hydrogens is 244 g/mol. The van der Waals surface area contributed by atoms with Crippen molar-refractivity contribution < 1.29 is 5.11 Å². The van der Waals surface area contributed by atoms with Gasteiger partial charge in [0.2, 0.25) is 0 Å². The first-order valence-corrected chi connectivity index (χ1v) is 7.79. The van der Waals surface area contributed by atoms with E-state index < -0.39 is 0 Å². The zero-order valence-electron chi connectivity index (χ0n) is 11.4. The minimum absolute atomic E-state index is 0.228. The van der Waals surface area contributed by atoms with Gasteiger partial charge >= 0.3 is 0 Å². The van der Waals surface area contributed by atoms with Crippen LogP contribution in [-0.4, -0.2) is 40.7 Å². The van der Waals surface area contributed by atoms with E-state index in [0.717, 1.165) is 18.8 Å². The summed E-state index contributed by atoms with van der Waals surface area (Å²) in [4.78, 5) is 8.28. The third-order valence-corrected chi connectivity index (χ3v) is 4.78. The van der Waals surface area contributed by atoms with Crippen molar-refractivity contribution in [3.8, 4) is 0 Å². The molecule has 1 unspecified atom stereocenters. The zero-order valence-corrected chi connectivity index (χ0v) is 12.2.